The Labute approximate surface area is 170 Å². The van der Waals surface area contributed by atoms with Gasteiger partial charge in [-0.3, -0.25) is 0 Å². The minimum absolute atomic E-state index is 0.00769. The largest absolute Gasteiger partial charge is 0.477 e. The van der Waals surface area contributed by atoms with Crippen LogP contribution in [0.1, 0.15) is 49.9 Å². The number of H-pyrrole nitrogens is 1. The van der Waals surface area contributed by atoms with E-state index in [0.29, 0.717) is 5.56 Å². The standard InChI is InChI=1S/C10H13NO2.C9H7N3O5/c1-7(11)8-3-5-9(6-4-8)10(12)13-2;1-17-8(15)5-2-4(7(13)14)11-6-3-10-9(16)12(5)6/h3-7H,11H2,1-2H3;2-3H,1H3,(H,10,16)(H,13,14)/t7-;/m1./s1. The minimum Gasteiger partial charge on any atom is -0.477 e. The molecule has 0 saturated heterocycles. The van der Waals surface area contributed by atoms with Crippen LogP contribution >= 0.6 is 0 Å². The highest BCUT2D eigenvalue weighted by atomic mass is 16.5. The summed E-state index contributed by atoms with van der Waals surface area (Å²) in [4.78, 5) is 50.7. The molecule has 3 aromatic rings. The topological polar surface area (TPSA) is 166 Å². The summed E-state index contributed by atoms with van der Waals surface area (Å²) >= 11 is 0. The SMILES string of the molecule is COC(=O)c1cc(C(=O)O)nc2c[nH]c(=O)n12.COC(=O)c1ccc([C@@H](C)N)cc1. The summed E-state index contributed by atoms with van der Waals surface area (Å²) in [5.74, 6) is -2.44. The fourth-order valence-corrected chi connectivity index (χ4v) is 2.43. The Balaban J connectivity index is 0.000000222. The third kappa shape index (κ3) is 4.89. The minimum atomic E-state index is -1.30. The van der Waals surface area contributed by atoms with Gasteiger partial charge < -0.3 is 25.3 Å². The Morgan fingerprint density at radius 1 is 1.13 bits per heavy atom. The normalized spacial score (nSPS) is 11.2. The average molecular weight is 416 g/mol. The van der Waals surface area contributed by atoms with Gasteiger partial charge in [-0.2, -0.15) is 0 Å². The molecule has 0 amide bonds. The van der Waals surface area contributed by atoms with Crippen LogP contribution in [0.4, 0.5) is 0 Å². The van der Waals surface area contributed by atoms with Crippen molar-refractivity contribution in [2.75, 3.05) is 14.2 Å². The first-order valence-electron chi connectivity index (χ1n) is 8.56. The lowest BCUT2D eigenvalue weighted by Gasteiger charge is -2.05. The van der Waals surface area contributed by atoms with Gasteiger partial charge in [0.25, 0.3) is 0 Å². The lowest BCUT2D eigenvalue weighted by molar-refractivity contribution is 0.0586. The molecule has 0 saturated carbocycles. The molecule has 158 valence electrons. The Morgan fingerprint density at radius 2 is 1.73 bits per heavy atom. The number of carbonyl (C=O) groups is 3. The van der Waals surface area contributed by atoms with Crippen molar-refractivity contribution in [1.29, 1.82) is 0 Å². The smallest absolute Gasteiger partial charge is 0.355 e. The van der Waals surface area contributed by atoms with Gasteiger partial charge in [0.15, 0.2) is 11.3 Å². The second-order valence-electron chi connectivity index (χ2n) is 6.01. The molecule has 1 aromatic carbocycles. The molecule has 3 rings (SSSR count). The van der Waals surface area contributed by atoms with Crippen LogP contribution < -0.4 is 11.4 Å². The van der Waals surface area contributed by atoms with E-state index in [9.17, 15) is 19.2 Å². The third-order valence-electron chi connectivity index (χ3n) is 3.98. The van der Waals surface area contributed by atoms with Gasteiger partial charge >= 0.3 is 23.6 Å². The van der Waals surface area contributed by atoms with Crippen molar-refractivity contribution in [3.63, 3.8) is 0 Å². The molecule has 0 bridgehead atoms. The van der Waals surface area contributed by atoms with Crippen molar-refractivity contribution in [2.45, 2.75) is 13.0 Å². The number of nitrogens with zero attached hydrogens (tertiary/aromatic N) is 2. The van der Waals surface area contributed by atoms with E-state index in [1.807, 2.05) is 19.1 Å². The van der Waals surface area contributed by atoms with Crippen LogP contribution in [-0.4, -0.2) is 51.6 Å². The molecule has 0 radical (unpaired) electrons. The molecule has 2 aromatic heterocycles. The van der Waals surface area contributed by atoms with E-state index in [4.69, 9.17) is 10.8 Å². The number of benzene rings is 1. The summed E-state index contributed by atoms with van der Waals surface area (Å²) in [6.07, 6.45) is 1.21. The van der Waals surface area contributed by atoms with Crippen molar-refractivity contribution >= 4 is 23.6 Å². The summed E-state index contributed by atoms with van der Waals surface area (Å²) in [5.41, 5.74) is 6.12. The summed E-state index contributed by atoms with van der Waals surface area (Å²) in [6, 6.07) is 8.06. The maximum atomic E-state index is 11.4. The third-order valence-corrected chi connectivity index (χ3v) is 3.98. The fraction of sp³-hybridized carbons (Fsp3) is 0.211. The van der Waals surface area contributed by atoms with Crippen LogP contribution in [0.15, 0.2) is 41.3 Å². The molecule has 0 unspecified atom stereocenters. The summed E-state index contributed by atoms with van der Waals surface area (Å²) in [5, 5.41) is 8.82. The number of carbonyl (C=O) groups excluding carboxylic acids is 2. The van der Waals surface area contributed by atoms with Crippen molar-refractivity contribution in [2.24, 2.45) is 5.73 Å². The number of fused-ring (bicyclic) bond motifs is 1. The van der Waals surface area contributed by atoms with Crippen LogP contribution in [0, 0.1) is 0 Å². The number of hydrogen-bond acceptors (Lipinski definition) is 8. The molecule has 0 aliphatic heterocycles. The highest BCUT2D eigenvalue weighted by Crippen LogP contribution is 2.11. The summed E-state index contributed by atoms with van der Waals surface area (Å²) < 4.78 is 9.98. The monoisotopic (exact) mass is 416 g/mol. The number of nitrogens with two attached hydrogens (primary N) is 1. The highest BCUT2D eigenvalue weighted by Gasteiger charge is 2.18. The number of nitrogens with one attached hydrogen (secondary N) is 1. The highest BCUT2D eigenvalue weighted by molar-refractivity contribution is 5.93. The van der Waals surface area contributed by atoms with Gasteiger partial charge in [0.1, 0.15) is 5.69 Å². The molecule has 0 fully saturated rings. The number of imidazole rings is 1. The van der Waals surface area contributed by atoms with Gasteiger partial charge in [0, 0.05) is 18.3 Å². The van der Waals surface area contributed by atoms with E-state index in [1.54, 1.807) is 12.1 Å². The Morgan fingerprint density at radius 3 is 2.23 bits per heavy atom. The molecule has 0 aliphatic rings. The first kappa shape index (κ1) is 22.3. The molecular weight excluding hydrogens is 396 g/mol. The summed E-state index contributed by atoms with van der Waals surface area (Å²) in [6.45, 7) is 1.90. The molecule has 1 atom stereocenters. The maximum Gasteiger partial charge on any atom is 0.355 e. The summed E-state index contributed by atoms with van der Waals surface area (Å²) in [7, 11) is 2.49. The zero-order chi connectivity index (χ0) is 22.4. The molecule has 30 heavy (non-hydrogen) atoms. The number of ether oxygens (including phenoxy) is 2. The lowest BCUT2D eigenvalue weighted by atomic mass is 10.1. The molecule has 4 N–H and O–H groups in total. The first-order valence-corrected chi connectivity index (χ1v) is 8.56. The number of aromatic carboxylic acids is 1. The van der Waals surface area contributed by atoms with E-state index in [2.05, 4.69) is 19.4 Å². The van der Waals surface area contributed by atoms with E-state index in [1.165, 1.54) is 13.3 Å². The number of methoxy groups -OCH3 is 2. The Bertz CT molecular complexity index is 1130. The second kappa shape index (κ2) is 9.47. The van der Waals surface area contributed by atoms with Crippen LogP contribution in [0.25, 0.3) is 5.65 Å². The predicted octanol–water partition coefficient (Wildman–Crippen LogP) is 1.00. The van der Waals surface area contributed by atoms with Crippen molar-refractivity contribution in [1.82, 2.24) is 14.4 Å². The van der Waals surface area contributed by atoms with Crippen LogP contribution in [0.5, 0.6) is 0 Å². The van der Waals surface area contributed by atoms with E-state index >= 15 is 0 Å². The van der Waals surface area contributed by atoms with Gasteiger partial charge in [-0.25, -0.2) is 28.6 Å². The van der Waals surface area contributed by atoms with Crippen molar-refractivity contribution < 1.29 is 29.0 Å². The quantitative estimate of drug-likeness (QED) is 0.526. The molecule has 2 heterocycles. The van der Waals surface area contributed by atoms with E-state index in [-0.39, 0.29) is 29.0 Å². The lowest BCUT2D eigenvalue weighted by Crippen LogP contribution is -2.20. The Kier molecular flexibility index (Phi) is 7.04. The number of esters is 2. The predicted molar refractivity (Wildman–Crippen MR) is 104 cm³/mol. The molecule has 0 aliphatic carbocycles. The number of carboxylic acid groups (broad SMARTS) is 1. The van der Waals surface area contributed by atoms with Gasteiger partial charge in [0.2, 0.25) is 0 Å². The molecule has 11 heteroatoms. The number of hydrogen-bond donors (Lipinski definition) is 3. The molecule has 0 spiro atoms. The van der Waals surface area contributed by atoms with Gasteiger partial charge in [-0.15, -0.1) is 0 Å². The first-order chi connectivity index (χ1) is 14.2. The zero-order valence-electron chi connectivity index (χ0n) is 16.4. The van der Waals surface area contributed by atoms with Gasteiger partial charge in [-0.05, 0) is 24.6 Å². The average Bonchev–Trinajstić information content (AvgIpc) is 3.13. The molecule has 11 nitrogen and oxygen atoms in total. The van der Waals surface area contributed by atoms with Crippen LogP contribution in [0.2, 0.25) is 0 Å². The second-order valence-corrected chi connectivity index (χ2v) is 6.01. The fourth-order valence-electron chi connectivity index (χ4n) is 2.43. The van der Waals surface area contributed by atoms with Gasteiger partial charge in [0.05, 0.1) is 19.8 Å². The zero-order valence-corrected chi connectivity index (χ0v) is 16.4. The maximum absolute atomic E-state index is 11.4. The van der Waals surface area contributed by atoms with Crippen LogP contribution in [-0.2, 0) is 9.47 Å². The number of rotatable bonds is 4. The van der Waals surface area contributed by atoms with E-state index < -0.39 is 17.6 Å². The Hall–Kier alpha value is -3.99. The van der Waals surface area contributed by atoms with Crippen molar-refractivity contribution in [3.8, 4) is 0 Å². The number of aromatic nitrogens is 3. The number of aromatic amines is 1. The molecular formula is C19H20N4O7. The van der Waals surface area contributed by atoms with Crippen molar-refractivity contribution in [3.05, 3.63) is 69.5 Å². The van der Waals surface area contributed by atoms with Crippen LogP contribution in [0.3, 0.4) is 0 Å². The number of carboxylic acids is 1. The van der Waals surface area contributed by atoms with Gasteiger partial charge in [-0.1, -0.05) is 12.1 Å². The van der Waals surface area contributed by atoms with E-state index in [0.717, 1.165) is 23.1 Å².